The first kappa shape index (κ1) is 13.4. The molecule has 2 atom stereocenters. The van der Waals surface area contributed by atoms with E-state index in [1.165, 1.54) is 11.7 Å². The third-order valence-electron chi connectivity index (χ3n) is 4.56. The molecule has 0 saturated carbocycles. The number of piperazine rings is 1. The summed E-state index contributed by atoms with van der Waals surface area (Å²) >= 11 is 7.11. The number of fused-ring (bicyclic) bond motifs is 3. The van der Waals surface area contributed by atoms with Crippen LogP contribution in [0.5, 0.6) is 0 Å². The summed E-state index contributed by atoms with van der Waals surface area (Å²) in [6.07, 6.45) is 4.38. The summed E-state index contributed by atoms with van der Waals surface area (Å²) in [4.78, 5) is 17.8. The van der Waals surface area contributed by atoms with Gasteiger partial charge in [0, 0.05) is 19.3 Å². The van der Waals surface area contributed by atoms with Gasteiger partial charge in [0.05, 0.1) is 28.8 Å². The van der Waals surface area contributed by atoms with Crippen LogP contribution in [0.4, 0.5) is 11.6 Å². The lowest BCUT2D eigenvalue weighted by Crippen LogP contribution is -2.47. The fraction of sp³-hybridized carbons (Fsp3) is 0.357. The molecule has 5 rings (SSSR count). The lowest BCUT2D eigenvalue weighted by atomic mass is 10.2. The standard InChI is InChI=1S/C14H12ClN7S/c15-8-1-2-11(16-4-8)21-5-10-3-9(21)6-22(10)14-12-13(17-7-18-14)20-23-19-12/h1-2,4,7,9-10H,3,5-6H2/t9-,10-/m0/s1. The van der Waals surface area contributed by atoms with Crippen LogP contribution in [-0.4, -0.2) is 48.9 Å². The maximum Gasteiger partial charge on any atom is 0.198 e. The van der Waals surface area contributed by atoms with Crippen molar-refractivity contribution in [3.8, 4) is 0 Å². The van der Waals surface area contributed by atoms with Gasteiger partial charge in [-0.2, -0.15) is 8.75 Å². The van der Waals surface area contributed by atoms with E-state index in [-0.39, 0.29) is 0 Å². The number of nitrogens with zero attached hydrogens (tertiary/aromatic N) is 7. The van der Waals surface area contributed by atoms with Gasteiger partial charge in [-0.1, -0.05) is 11.6 Å². The molecule has 2 saturated heterocycles. The highest BCUT2D eigenvalue weighted by Gasteiger charge is 2.45. The van der Waals surface area contributed by atoms with Crippen LogP contribution in [0.15, 0.2) is 24.7 Å². The zero-order valence-corrected chi connectivity index (χ0v) is 13.6. The summed E-state index contributed by atoms with van der Waals surface area (Å²) < 4.78 is 8.56. The van der Waals surface area contributed by atoms with Gasteiger partial charge in [0.2, 0.25) is 0 Å². The summed E-state index contributed by atoms with van der Waals surface area (Å²) in [7, 11) is 0. The van der Waals surface area contributed by atoms with E-state index >= 15 is 0 Å². The van der Waals surface area contributed by atoms with E-state index in [4.69, 9.17) is 11.6 Å². The van der Waals surface area contributed by atoms with Crippen LogP contribution in [0.3, 0.4) is 0 Å². The second-order valence-electron chi connectivity index (χ2n) is 5.82. The molecule has 2 aliphatic heterocycles. The number of anilines is 2. The molecule has 0 spiro atoms. The highest BCUT2D eigenvalue weighted by molar-refractivity contribution is 7.00. The summed E-state index contributed by atoms with van der Waals surface area (Å²) in [5, 5.41) is 0.666. The van der Waals surface area contributed by atoms with Crippen molar-refractivity contribution in [1.29, 1.82) is 0 Å². The molecule has 116 valence electrons. The van der Waals surface area contributed by atoms with Crippen molar-refractivity contribution in [3.63, 3.8) is 0 Å². The molecule has 5 heterocycles. The fourth-order valence-electron chi connectivity index (χ4n) is 3.56. The van der Waals surface area contributed by atoms with Gasteiger partial charge in [0.25, 0.3) is 0 Å². The Morgan fingerprint density at radius 2 is 1.91 bits per heavy atom. The summed E-state index contributed by atoms with van der Waals surface area (Å²) in [6, 6.07) is 4.73. The van der Waals surface area contributed by atoms with E-state index < -0.39 is 0 Å². The SMILES string of the molecule is Clc1ccc(N2C[C@@H]3C[C@H]2CN3c2ncnc3nsnc23)nc1. The van der Waals surface area contributed by atoms with Crippen LogP contribution in [0.2, 0.25) is 5.02 Å². The molecule has 0 aliphatic carbocycles. The number of aromatic nitrogens is 5. The van der Waals surface area contributed by atoms with E-state index in [0.717, 1.165) is 36.7 Å². The van der Waals surface area contributed by atoms with E-state index in [1.54, 1.807) is 12.5 Å². The van der Waals surface area contributed by atoms with Crippen molar-refractivity contribution in [3.05, 3.63) is 29.7 Å². The molecule has 2 fully saturated rings. The molecular weight excluding hydrogens is 334 g/mol. The number of hydrogen-bond donors (Lipinski definition) is 0. The Bertz CT molecular complexity index is 867. The maximum atomic E-state index is 5.93. The minimum Gasteiger partial charge on any atom is -0.350 e. The third-order valence-corrected chi connectivity index (χ3v) is 5.30. The normalized spacial score (nSPS) is 23.2. The average molecular weight is 346 g/mol. The predicted octanol–water partition coefficient (Wildman–Crippen LogP) is 2.00. The molecule has 9 heteroatoms. The van der Waals surface area contributed by atoms with Gasteiger partial charge in [-0.05, 0) is 18.6 Å². The van der Waals surface area contributed by atoms with E-state index in [0.29, 0.717) is 22.8 Å². The topological polar surface area (TPSA) is 70.9 Å². The predicted molar refractivity (Wildman–Crippen MR) is 89.1 cm³/mol. The van der Waals surface area contributed by atoms with Crippen molar-refractivity contribution < 1.29 is 0 Å². The molecule has 3 aromatic rings. The van der Waals surface area contributed by atoms with Crippen LogP contribution in [-0.2, 0) is 0 Å². The molecule has 0 amide bonds. The smallest absolute Gasteiger partial charge is 0.198 e. The van der Waals surface area contributed by atoms with Gasteiger partial charge in [-0.3, -0.25) is 0 Å². The quantitative estimate of drug-likeness (QED) is 0.703. The molecule has 0 unspecified atom stereocenters. The molecular formula is C14H12ClN7S. The van der Waals surface area contributed by atoms with Gasteiger partial charge in [0.1, 0.15) is 12.1 Å². The van der Waals surface area contributed by atoms with Crippen molar-refractivity contribution in [1.82, 2.24) is 23.7 Å². The van der Waals surface area contributed by atoms with Crippen molar-refractivity contribution in [2.24, 2.45) is 0 Å². The Labute approximate surface area is 141 Å². The Hall–Kier alpha value is -2.06. The lowest BCUT2D eigenvalue weighted by Gasteiger charge is -2.35. The Kier molecular flexibility index (Phi) is 2.89. The van der Waals surface area contributed by atoms with Gasteiger partial charge in [-0.25, -0.2) is 15.0 Å². The number of pyridine rings is 1. The van der Waals surface area contributed by atoms with Crippen molar-refractivity contribution in [2.75, 3.05) is 22.9 Å². The first-order valence-corrected chi connectivity index (χ1v) is 8.48. The summed E-state index contributed by atoms with van der Waals surface area (Å²) in [5.41, 5.74) is 1.49. The zero-order chi connectivity index (χ0) is 15.4. The van der Waals surface area contributed by atoms with Gasteiger partial charge in [0.15, 0.2) is 17.0 Å². The highest BCUT2D eigenvalue weighted by Crippen LogP contribution is 2.37. The molecule has 0 N–H and O–H groups in total. The Morgan fingerprint density at radius 1 is 1.04 bits per heavy atom. The average Bonchev–Trinajstić information content (AvgIpc) is 3.29. The molecule has 0 aromatic carbocycles. The first-order valence-electron chi connectivity index (χ1n) is 7.38. The minimum atomic E-state index is 0.414. The van der Waals surface area contributed by atoms with Crippen LogP contribution in [0, 0.1) is 0 Å². The molecule has 3 aromatic heterocycles. The van der Waals surface area contributed by atoms with Gasteiger partial charge < -0.3 is 9.80 Å². The summed E-state index contributed by atoms with van der Waals surface area (Å²) in [6.45, 7) is 1.85. The summed E-state index contributed by atoms with van der Waals surface area (Å²) in [5.74, 6) is 1.89. The van der Waals surface area contributed by atoms with Crippen LogP contribution < -0.4 is 9.80 Å². The molecule has 0 radical (unpaired) electrons. The second kappa shape index (κ2) is 4.97. The third kappa shape index (κ3) is 2.05. The highest BCUT2D eigenvalue weighted by atomic mass is 35.5. The second-order valence-corrected chi connectivity index (χ2v) is 6.78. The van der Waals surface area contributed by atoms with E-state index in [9.17, 15) is 0 Å². The number of hydrogen-bond acceptors (Lipinski definition) is 8. The van der Waals surface area contributed by atoms with Crippen LogP contribution in [0.1, 0.15) is 6.42 Å². The first-order chi connectivity index (χ1) is 11.3. The van der Waals surface area contributed by atoms with Crippen molar-refractivity contribution >= 4 is 46.1 Å². The van der Waals surface area contributed by atoms with Gasteiger partial charge in [-0.15, -0.1) is 0 Å². The molecule has 7 nitrogen and oxygen atoms in total. The maximum absolute atomic E-state index is 5.93. The van der Waals surface area contributed by atoms with Crippen LogP contribution in [0.25, 0.3) is 11.2 Å². The van der Waals surface area contributed by atoms with Gasteiger partial charge >= 0.3 is 0 Å². The number of rotatable bonds is 2. The zero-order valence-electron chi connectivity index (χ0n) is 12.0. The molecule has 23 heavy (non-hydrogen) atoms. The molecule has 2 bridgehead atoms. The largest absolute Gasteiger partial charge is 0.350 e. The fourth-order valence-corrected chi connectivity index (χ4v) is 4.17. The molecule has 2 aliphatic rings. The van der Waals surface area contributed by atoms with E-state index in [1.807, 2.05) is 12.1 Å². The monoisotopic (exact) mass is 345 g/mol. The Balaban J connectivity index is 1.44. The number of halogens is 1. The van der Waals surface area contributed by atoms with E-state index in [2.05, 4.69) is 33.5 Å². The van der Waals surface area contributed by atoms with Crippen molar-refractivity contribution in [2.45, 2.75) is 18.5 Å². The Morgan fingerprint density at radius 3 is 2.70 bits per heavy atom. The lowest BCUT2D eigenvalue weighted by molar-refractivity contribution is 0.636. The van der Waals surface area contributed by atoms with Crippen LogP contribution >= 0.6 is 23.3 Å². The minimum absolute atomic E-state index is 0.414.